The molecule has 4 amide bonds. The number of carbonyl (C=O) groups is 3. The predicted molar refractivity (Wildman–Crippen MR) is 90.3 cm³/mol. The maximum Gasteiger partial charge on any atom is 0.318 e. The van der Waals surface area contributed by atoms with Gasteiger partial charge in [-0.15, -0.1) is 0 Å². The van der Waals surface area contributed by atoms with Crippen molar-refractivity contribution in [2.45, 2.75) is 32.9 Å². The summed E-state index contributed by atoms with van der Waals surface area (Å²) in [6.07, 6.45) is -0.0424. The lowest BCUT2D eigenvalue weighted by molar-refractivity contribution is -0.132. The van der Waals surface area contributed by atoms with E-state index in [1.165, 1.54) is 11.9 Å². The fraction of sp³-hybridized carbons (Fsp3) is 0.471. The minimum atomic E-state index is -0.780. The molecule has 0 spiro atoms. The van der Waals surface area contributed by atoms with E-state index >= 15 is 0 Å². The molecule has 0 unspecified atom stereocenters. The van der Waals surface area contributed by atoms with Gasteiger partial charge in [0, 0.05) is 26.7 Å². The van der Waals surface area contributed by atoms with E-state index in [4.69, 9.17) is 0 Å². The summed E-state index contributed by atoms with van der Waals surface area (Å²) in [7, 11) is 1.51. The summed E-state index contributed by atoms with van der Waals surface area (Å²) in [4.78, 5) is 37.6. The van der Waals surface area contributed by atoms with Gasteiger partial charge < -0.3 is 20.9 Å². The monoisotopic (exact) mass is 332 g/mol. The Balaban J connectivity index is 2.04. The number of piperazine rings is 1. The molecule has 1 atom stereocenters. The quantitative estimate of drug-likeness (QED) is 0.748. The second kappa shape index (κ2) is 7.81. The molecule has 0 aromatic heterocycles. The Hall–Kier alpha value is -2.57. The van der Waals surface area contributed by atoms with Crippen LogP contribution in [0.4, 0.5) is 4.79 Å². The Labute approximate surface area is 141 Å². The molecule has 2 rings (SSSR count). The van der Waals surface area contributed by atoms with E-state index < -0.39 is 6.04 Å². The Morgan fingerprint density at radius 2 is 2.08 bits per heavy atom. The molecule has 1 aliphatic rings. The van der Waals surface area contributed by atoms with Crippen LogP contribution in [0.25, 0.3) is 0 Å². The van der Waals surface area contributed by atoms with Crippen LogP contribution in [0.5, 0.6) is 0 Å². The van der Waals surface area contributed by atoms with Crippen LogP contribution in [0, 0.1) is 13.8 Å². The molecule has 0 radical (unpaired) electrons. The van der Waals surface area contributed by atoms with E-state index in [2.05, 4.69) is 16.0 Å². The van der Waals surface area contributed by atoms with Crippen LogP contribution in [0.2, 0.25) is 0 Å². The van der Waals surface area contributed by atoms with Gasteiger partial charge in [0.1, 0.15) is 6.04 Å². The third-order valence-corrected chi connectivity index (χ3v) is 4.40. The van der Waals surface area contributed by atoms with Crippen LogP contribution < -0.4 is 16.0 Å². The van der Waals surface area contributed by atoms with Gasteiger partial charge in [-0.2, -0.15) is 0 Å². The number of amides is 4. The summed E-state index contributed by atoms with van der Waals surface area (Å²) in [6, 6.07) is 4.83. The van der Waals surface area contributed by atoms with Gasteiger partial charge in [-0.05, 0) is 30.5 Å². The van der Waals surface area contributed by atoms with Crippen molar-refractivity contribution in [1.82, 2.24) is 20.9 Å². The Kier molecular flexibility index (Phi) is 5.78. The van der Waals surface area contributed by atoms with Crippen molar-refractivity contribution in [3.05, 3.63) is 34.9 Å². The first kappa shape index (κ1) is 17.8. The van der Waals surface area contributed by atoms with E-state index in [9.17, 15) is 14.4 Å². The molecule has 0 saturated carbocycles. The van der Waals surface area contributed by atoms with Crippen LogP contribution in [-0.2, 0) is 16.1 Å². The van der Waals surface area contributed by atoms with Crippen LogP contribution in [-0.4, -0.2) is 48.9 Å². The van der Waals surface area contributed by atoms with E-state index in [0.717, 1.165) is 16.7 Å². The van der Waals surface area contributed by atoms with Crippen molar-refractivity contribution in [2.75, 3.05) is 20.1 Å². The largest absolute Gasteiger partial charge is 0.359 e. The fourth-order valence-corrected chi connectivity index (χ4v) is 2.71. The van der Waals surface area contributed by atoms with Crippen molar-refractivity contribution in [3.63, 3.8) is 0 Å². The molecule has 1 saturated heterocycles. The van der Waals surface area contributed by atoms with Crippen LogP contribution in [0.15, 0.2) is 18.2 Å². The van der Waals surface area contributed by atoms with Gasteiger partial charge in [0.05, 0.1) is 6.42 Å². The number of rotatable bonds is 4. The minimum absolute atomic E-state index is 0.0424. The molecule has 7 heteroatoms. The smallest absolute Gasteiger partial charge is 0.318 e. The lowest BCUT2D eigenvalue weighted by atomic mass is 10.0. The highest BCUT2D eigenvalue weighted by molar-refractivity contribution is 5.92. The number of nitrogens with one attached hydrogen (secondary N) is 3. The first-order valence-corrected chi connectivity index (χ1v) is 8.02. The molecule has 1 aliphatic heterocycles. The van der Waals surface area contributed by atoms with Gasteiger partial charge in [-0.25, -0.2) is 4.79 Å². The molecular formula is C17H24N4O3. The lowest BCUT2D eigenvalue weighted by Crippen LogP contribution is -2.60. The van der Waals surface area contributed by atoms with Gasteiger partial charge in [0.15, 0.2) is 0 Å². The van der Waals surface area contributed by atoms with Crippen molar-refractivity contribution < 1.29 is 14.4 Å². The van der Waals surface area contributed by atoms with Gasteiger partial charge >= 0.3 is 6.03 Å². The number of hydrogen-bond acceptors (Lipinski definition) is 3. The maximum absolute atomic E-state index is 12.5. The summed E-state index contributed by atoms with van der Waals surface area (Å²) in [5.41, 5.74) is 3.33. The highest BCUT2D eigenvalue weighted by atomic mass is 16.2. The van der Waals surface area contributed by atoms with Crippen molar-refractivity contribution in [1.29, 1.82) is 0 Å². The molecule has 7 nitrogen and oxygen atoms in total. The summed E-state index contributed by atoms with van der Waals surface area (Å²) >= 11 is 0. The number of urea groups is 1. The SMILES string of the molecule is CNC(=O)C[C@@H]1C(=O)NCCN1C(=O)NCc1cccc(C)c1C. The van der Waals surface area contributed by atoms with Gasteiger partial charge in [0.2, 0.25) is 11.8 Å². The number of hydrogen-bond donors (Lipinski definition) is 3. The average molecular weight is 332 g/mol. The van der Waals surface area contributed by atoms with Crippen molar-refractivity contribution >= 4 is 17.8 Å². The fourth-order valence-electron chi connectivity index (χ4n) is 2.71. The maximum atomic E-state index is 12.5. The van der Waals surface area contributed by atoms with Gasteiger partial charge in [-0.3, -0.25) is 9.59 Å². The topological polar surface area (TPSA) is 90.5 Å². The first-order chi connectivity index (χ1) is 11.4. The normalized spacial score (nSPS) is 17.2. The minimum Gasteiger partial charge on any atom is -0.359 e. The van der Waals surface area contributed by atoms with E-state index in [1.807, 2.05) is 32.0 Å². The van der Waals surface area contributed by atoms with Crippen LogP contribution >= 0.6 is 0 Å². The number of carbonyl (C=O) groups excluding carboxylic acids is 3. The van der Waals surface area contributed by atoms with Crippen molar-refractivity contribution in [2.24, 2.45) is 0 Å². The Bertz CT molecular complexity index is 645. The summed E-state index contributed by atoms with van der Waals surface area (Å²) in [5, 5.41) is 8.04. The zero-order valence-electron chi connectivity index (χ0n) is 14.3. The Morgan fingerprint density at radius 3 is 2.79 bits per heavy atom. The molecule has 1 fully saturated rings. The molecule has 1 aromatic rings. The third kappa shape index (κ3) is 4.04. The first-order valence-electron chi connectivity index (χ1n) is 8.02. The molecule has 1 aromatic carbocycles. The zero-order valence-corrected chi connectivity index (χ0v) is 14.3. The molecule has 0 aliphatic carbocycles. The predicted octanol–water partition coefficient (Wildman–Crippen LogP) is 0.450. The number of benzene rings is 1. The van der Waals surface area contributed by atoms with Crippen molar-refractivity contribution in [3.8, 4) is 0 Å². The average Bonchev–Trinajstić information content (AvgIpc) is 2.57. The van der Waals surface area contributed by atoms with Crippen LogP contribution in [0.1, 0.15) is 23.1 Å². The summed E-state index contributed by atoms with van der Waals surface area (Å²) in [6.45, 7) is 5.19. The van der Waals surface area contributed by atoms with E-state index in [1.54, 1.807) is 0 Å². The summed E-state index contributed by atoms with van der Waals surface area (Å²) in [5.74, 6) is -0.573. The molecular weight excluding hydrogens is 308 g/mol. The van der Waals surface area contributed by atoms with Gasteiger partial charge in [-0.1, -0.05) is 18.2 Å². The van der Waals surface area contributed by atoms with Crippen LogP contribution in [0.3, 0.4) is 0 Å². The van der Waals surface area contributed by atoms with E-state index in [-0.39, 0.29) is 24.3 Å². The van der Waals surface area contributed by atoms with Gasteiger partial charge in [0.25, 0.3) is 0 Å². The highest BCUT2D eigenvalue weighted by Crippen LogP contribution is 2.13. The molecule has 130 valence electrons. The molecule has 1 heterocycles. The number of aryl methyl sites for hydroxylation is 1. The lowest BCUT2D eigenvalue weighted by Gasteiger charge is -2.34. The second-order valence-corrected chi connectivity index (χ2v) is 5.90. The number of nitrogens with zero attached hydrogens (tertiary/aromatic N) is 1. The van der Waals surface area contributed by atoms with E-state index in [0.29, 0.717) is 19.6 Å². The zero-order chi connectivity index (χ0) is 17.7. The Morgan fingerprint density at radius 1 is 1.33 bits per heavy atom. The summed E-state index contributed by atoms with van der Waals surface area (Å²) < 4.78 is 0. The molecule has 3 N–H and O–H groups in total. The standard InChI is InChI=1S/C17H24N4O3/c1-11-5-4-6-13(12(11)2)10-20-17(24)21-8-7-19-16(23)14(21)9-15(22)18-3/h4-6,14H,7-10H2,1-3H3,(H,18,22)(H,19,23)(H,20,24)/t14-/m1/s1. The second-order valence-electron chi connectivity index (χ2n) is 5.90. The molecule has 0 bridgehead atoms. The third-order valence-electron chi connectivity index (χ3n) is 4.40. The molecule has 24 heavy (non-hydrogen) atoms. The highest BCUT2D eigenvalue weighted by Gasteiger charge is 2.34.